The summed E-state index contributed by atoms with van der Waals surface area (Å²) in [5.41, 5.74) is 0. The van der Waals surface area contributed by atoms with Crippen molar-refractivity contribution in [3.8, 4) is 11.6 Å². The van der Waals surface area contributed by atoms with Gasteiger partial charge in [-0.1, -0.05) is 32.0 Å². The van der Waals surface area contributed by atoms with Gasteiger partial charge in [-0.15, -0.1) is 0 Å². The van der Waals surface area contributed by atoms with Crippen molar-refractivity contribution < 1.29 is 13.2 Å². The van der Waals surface area contributed by atoms with Crippen LogP contribution >= 0.6 is 11.5 Å². The lowest BCUT2D eigenvalue weighted by Gasteiger charge is -2.07. The van der Waals surface area contributed by atoms with Crippen molar-refractivity contribution in [3.05, 3.63) is 54.5 Å². The average Bonchev–Trinajstić information content (AvgIpc) is 3.04. The second-order valence-electron chi connectivity index (χ2n) is 5.47. The summed E-state index contributed by atoms with van der Waals surface area (Å²) in [5, 5.41) is 0.230. The summed E-state index contributed by atoms with van der Waals surface area (Å²) in [7, 11) is -3.78. The Hall–Kier alpha value is -2.52. The van der Waals surface area contributed by atoms with Crippen LogP contribution in [0.4, 0.5) is 5.13 Å². The van der Waals surface area contributed by atoms with Crippen LogP contribution in [-0.2, 0) is 10.0 Å². The van der Waals surface area contributed by atoms with Crippen LogP contribution in [0, 0.1) is 0 Å². The number of nitrogens with one attached hydrogen (secondary N) is 1. The molecule has 0 amide bonds. The molecule has 0 atom stereocenters. The molecule has 0 bridgehead atoms. The van der Waals surface area contributed by atoms with Gasteiger partial charge in [0.2, 0.25) is 11.0 Å². The quantitative estimate of drug-likeness (QED) is 0.706. The molecule has 3 rings (SSSR count). The van der Waals surface area contributed by atoms with Gasteiger partial charge in [0.1, 0.15) is 16.5 Å². The molecule has 0 aliphatic carbocycles. The second-order valence-corrected chi connectivity index (χ2v) is 7.90. The van der Waals surface area contributed by atoms with Crippen molar-refractivity contribution >= 4 is 26.7 Å². The molecule has 3 aromatic rings. The topological polar surface area (TPSA) is 94.1 Å². The molecule has 130 valence electrons. The number of benzene rings is 1. The van der Waals surface area contributed by atoms with Crippen molar-refractivity contribution in [2.75, 3.05) is 4.72 Å². The van der Waals surface area contributed by atoms with E-state index in [-0.39, 0.29) is 15.9 Å². The van der Waals surface area contributed by atoms with E-state index in [1.807, 2.05) is 32.0 Å². The van der Waals surface area contributed by atoms with Crippen molar-refractivity contribution in [1.29, 1.82) is 0 Å². The van der Waals surface area contributed by atoms with E-state index >= 15 is 0 Å². The molecule has 0 radical (unpaired) electrons. The lowest BCUT2D eigenvalue weighted by Crippen LogP contribution is -2.13. The molecule has 2 heterocycles. The lowest BCUT2D eigenvalue weighted by atomic mass is 10.2. The Bertz CT molecular complexity index is 939. The first-order chi connectivity index (χ1) is 11.9. The smallest absolute Gasteiger partial charge is 0.265 e. The highest BCUT2D eigenvalue weighted by Crippen LogP contribution is 2.23. The largest absolute Gasteiger partial charge is 0.439 e. The Balaban J connectivity index is 1.73. The lowest BCUT2D eigenvalue weighted by molar-refractivity contribution is 0.462. The zero-order chi connectivity index (χ0) is 17.9. The predicted molar refractivity (Wildman–Crippen MR) is 95.6 cm³/mol. The van der Waals surface area contributed by atoms with E-state index in [2.05, 4.69) is 19.1 Å². The normalized spacial score (nSPS) is 11.5. The van der Waals surface area contributed by atoms with E-state index in [1.165, 1.54) is 18.3 Å². The maximum atomic E-state index is 12.4. The van der Waals surface area contributed by atoms with Crippen LogP contribution in [0.5, 0.6) is 11.6 Å². The fraction of sp³-hybridized carbons (Fsp3) is 0.188. The molecule has 25 heavy (non-hydrogen) atoms. The minimum atomic E-state index is -3.78. The van der Waals surface area contributed by atoms with Gasteiger partial charge >= 0.3 is 0 Å². The van der Waals surface area contributed by atoms with Gasteiger partial charge in [-0.3, -0.25) is 4.72 Å². The molecule has 7 nitrogen and oxygen atoms in total. The van der Waals surface area contributed by atoms with Gasteiger partial charge in [0.15, 0.2) is 0 Å². The van der Waals surface area contributed by atoms with Gasteiger partial charge < -0.3 is 4.74 Å². The number of para-hydroxylation sites is 1. The summed E-state index contributed by atoms with van der Waals surface area (Å²) in [6.07, 6.45) is 1.24. The summed E-state index contributed by atoms with van der Waals surface area (Å²) in [5.74, 6) is 1.67. The number of hydrogen-bond acceptors (Lipinski definition) is 7. The first kappa shape index (κ1) is 17.3. The van der Waals surface area contributed by atoms with E-state index in [9.17, 15) is 8.42 Å². The molecular weight excluding hydrogens is 360 g/mol. The van der Waals surface area contributed by atoms with Crippen LogP contribution in [0.15, 0.2) is 53.6 Å². The molecule has 0 spiro atoms. The summed E-state index contributed by atoms with van der Waals surface area (Å²) < 4.78 is 36.9. The molecule has 0 aliphatic heterocycles. The third-order valence-electron chi connectivity index (χ3n) is 3.16. The predicted octanol–water partition coefficient (Wildman–Crippen LogP) is 3.65. The second kappa shape index (κ2) is 7.16. The zero-order valence-corrected chi connectivity index (χ0v) is 15.2. The average molecular weight is 376 g/mol. The van der Waals surface area contributed by atoms with E-state index in [1.54, 1.807) is 12.1 Å². The highest BCUT2D eigenvalue weighted by atomic mass is 32.2. The standard InChI is InChI=1S/C16H16N4O3S2/c1-11(2)15-18-16(24-19-15)20-25(21,22)13-8-9-14(17-10-13)23-12-6-4-3-5-7-12/h3-11H,1-2H3,(H,18,19,20). The summed E-state index contributed by atoms with van der Waals surface area (Å²) in [6, 6.07) is 12.1. The SMILES string of the molecule is CC(C)c1nsc(NS(=O)(=O)c2ccc(Oc3ccccc3)nc2)n1. The Morgan fingerprint density at radius 1 is 1.12 bits per heavy atom. The number of pyridine rings is 1. The van der Waals surface area contributed by atoms with E-state index in [0.29, 0.717) is 17.5 Å². The molecule has 0 unspecified atom stereocenters. The molecular formula is C16H16N4O3S2. The summed E-state index contributed by atoms with van der Waals surface area (Å²) in [6.45, 7) is 3.88. The van der Waals surface area contributed by atoms with E-state index in [4.69, 9.17) is 4.74 Å². The van der Waals surface area contributed by atoms with Crippen LogP contribution < -0.4 is 9.46 Å². The zero-order valence-electron chi connectivity index (χ0n) is 13.6. The molecule has 0 saturated heterocycles. The number of aromatic nitrogens is 3. The highest BCUT2D eigenvalue weighted by Gasteiger charge is 2.18. The van der Waals surface area contributed by atoms with Crippen LogP contribution in [-0.4, -0.2) is 22.8 Å². The van der Waals surface area contributed by atoms with Gasteiger partial charge in [-0.25, -0.2) is 18.4 Å². The number of sulfonamides is 1. The molecule has 1 N–H and O–H groups in total. The third-order valence-corrected chi connectivity index (χ3v) is 5.26. The highest BCUT2D eigenvalue weighted by molar-refractivity contribution is 7.93. The van der Waals surface area contributed by atoms with Gasteiger partial charge in [0, 0.05) is 23.5 Å². The molecule has 0 saturated carbocycles. The number of anilines is 1. The van der Waals surface area contributed by atoms with Crippen molar-refractivity contribution in [1.82, 2.24) is 14.3 Å². The molecule has 0 fully saturated rings. The van der Waals surface area contributed by atoms with E-state index in [0.717, 1.165) is 11.5 Å². The Morgan fingerprint density at radius 3 is 2.48 bits per heavy atom. The van der Waals surface area contributed by atoms with Crippen LogP contribution in [0.1, 0.15) is 25.6 Å². The van der Waals surface area contributed by atoms with Crippen LogP contribution in [0.3, 0.4) is 0 Å². The van der Waals surface area contributed by atoms with Crippen LogP contribution in [0.25, 0.3) is 0 Å². The maximum absolute atomic E-state index is 12.4. The minimum absolute atomic E-state index is 0.0224. The molecule has 1 aromatic carbocycles. The Labute approximate surface area is 150 Å². The third kappa shape index (κ3) is 4.31. The van der Waals surface area contributed by atoms with Crippen LogP contribution in [0.2, 0.25) is 0 Å². The number of rotatable bonds is 6. The first-order valence-electron chi connectivity index (χ1n) is 7.49. The Kier molecular flexibility index (Phi) is 4.95. The molecule has 9 heteroatoms. The summed E-state index contributed by atoms with van der Waals surface area (Å²) >= 11 is 1.01. The summed E-state index contributed by atoms with van der Waals surface area (Å²) in [4.78, 5) is 8.23. The maximum Gasteiger partial charge on any atom is 0.265 e. The number of nitrogens with zero attached hydrogens (tertiary/aromatic N) is 3. The fourth-order valence-electron chi connectivity index (χ4n) is 1.88. The van der Waals surface area contributed by atoms with Gasteiger partial charge in [-0.05, 0) is 18.2 Å². The fourth-order valence-corrected chi connectivity index (χ4v) is 3.76. The minimum Gasteiger partial charge on any atom is -0.439 e. The van der Waals surface area contributed by atoms with Crippen molar-refractivity contribution in [2.24, 2.45) is 0 Å². The number of hydrogen-bond donors (Lipinski definition) is 1. The Morgan fingerprint density at radius 2 is 1.88 bits per heavy atom. The first-order valence-corrected chi connectivity index (χ1v) is 9.75. The van der Waals surface area contributed by atoms with Gasteiger partial charge in [0.05, 0.1) is 6.20 Å². The molecule has 0 aliphatic rings. The van der Waals surface area contributed by atoms with Gasteiger partial charge in [0.25, 0.3) is 10.0 Å². The van der Waals surface area contributed by atoms with Crippen molar-refractivity contribution in [3.63, 3.8) is 0 Å². The van der Waals surface area contributed by atoms with Gasteiger partial charge in [-0.2, -0.15) is 4.37 Å². The monoisotopic (exact) mass is 376 g/mol. The molecule has 2 aromatic heterocycles. The number of ether oxygens (including phenoxy) is 1. The van der Waals surface area contributed by atoms with E-state index < -0.39 is 10.0 Å². The van der Waals surface area contributed by atoms with Crippen molar-refractivity contribution in [2.45, 2.75) is 24.7 Å².